The molecule has 1 fully saturated rings. The molecule has 1 amide bonds. The monoisotopic (exact) mass is 370 g/mol. The summed E-state index contributed by atoms with van der Waals surface area (Å²) in [6.45, 7) is 7.09. The van der Waals surface area contributed by atoms with Gasteiger partial charge in [0.1, 0.15) is 0 Å². The zero-order valence-corrected chi connectivity index (χ0v) is 16.3. The van der Waals surface area contributed by atoms with Gasteiger partial charge in [-0.15, -0.1) is 0 Å². The summed E-state index contributed by atoms with van der Waals surface area (Å²) >= 11 is 0. The van der Waals surface area contributed by atoms with Gasteiger partial charge in [-0.3, -0.25) is 14.5 Å². The number of Topliss-reactive ketones (excluding diaryl/α,β-unsaturated/α-hetero) is 1. The van der Waals surface area contributed by atoms with Gasteiger partial charge in [0.2, 0.25) is 5.91 Å². The van der Waals surface area contributed by atoms with Crippen molar-refractivity contribution in [1.29, 1.82) is 0 Å². The number of hydrogen-bond donors (Lipinski definition) is 0. The van der Waals surface area contributed by atoms with Crippen LogP contribution in [-0.2, 0) is 22.4 Å². The largest absolute Gasteiger partial charge is 0.379 e. The van der Waals surface area contributed by atoms with Crippen molar-refractivity contribution in [2.45, 2.75) is 45.4 Å². The highest BCUT2D eigenvalue weighted by Gasteiger charge is 2.32. The Morgan fingerprint density at radius 2 is 1.89 bits per heavy atom. The van der Waals surface area contributed by atoms with E-state index in [-0.39, 0.29) is 17.6 Å². The number of benzene rings is 1. The third-order valence-corrected chi connectivity index (χ3v) is 6.22. The van der Waals surface area contributed by atoms with E-state index in [0.29, 0.717) is 6.42 Å². The number of rotatable bonds is 5. The molecule has 0 N–H and O–H groups in total. The summed E-state index contributed by atoms with van der Waals surface area (Å²) in [5, 5.41) is 0. The molecule has 1 aromatic rings. The number of morpholine rings is 1. The number of carbonyl (C=O) groups is 2. The number of unbranched alkanes of at least 4 members (excludes halogenated alkanes) is 1. The van der Waals surface area contributed by atoms with Crippen LogP contribution >= 0.6 is 0 Å². The summed E-state index contributed by atoms with van der Waals surface area (Å²) in [4.78, 5) is 30.0. The molecule has 0 aromatic heterocycles. The molecule has 5 heteroatoms. The lowest BCUT2D eigenvalue weighted by atomic mass is 9.80. The maximum Gasteiger partial charge on any atom is 0.227 e. The normalized spacial score (nSPS) is 23.3. The Morgan fingerprint density at radius 3 is 2.67 bits per heavy atom. The minimum Gasteiger partial charge on any atom is -0.379 e. The highest BCUT2D eigenvalue weighted by atomic mass is 16.5. The molecule has 27 heavy (non-hydrogen) atoms. The fourth-order valence-electron chi connectivity index (χ4n) is 4.59. The highest BCUT2D eigenvalue weighted by Crippen LogP contribution is 2.35. The third kappa shape index (κ3) is 3.81. The number of carbonyl (C=O) groups excluding carboxylic acids is 2. The van der Waals surface area contributed by atoms with Crippen LogP contribution < -0.4 is 4.90 Å². The molecular weight excluding hydrogens is 340 g/mol. The van der Waals surface area contributed by atoms with Crippen molar-refractivity contribution in [3.63, 3.8) is 0 Å². The maximum absolute atomic E-state index is 13.2. The van der Waals surface area contributed by atoms with E-state index in [1.807, 2.05) is 11.0 Å². The SMILES string of the molecule is CCCCN1C(=O)CCc2cc3c(cc21)C(=O)C(CN1CCOCC1)CC3. The van der Waals surface area contributed by atoms with Crippen molar-refractivity contribution >= 4 is 17.4 Å². The summed E-state index contributed by atoms with van der Waals surface area (Å²) < 4.78 is 5.42. The molecule has 1 saturated heterocycles. The Kier molecular flexibility index (Phi) is 5.60. The Balaban J connectivity index is 1.58. The molecule has 1 aliphatic carbocycles. The van der Waals surface area contributed by atoms with E-state index < -0.39 is 0 Å². The van der Waals surface area contributed by atoms with Crippen LogP contribution in [0.2, 0.25) is 0 Å². The lowest BCUT2D eigenvalue weighted by Gasteiger charge is -2.34. The van der Waals surface area contributed by atoms with Crippen LogP contribution in [-0.4, -0.2) is 56.0 Å². The first kappa shape index (κ1) is 18.6. The summed E-state index contributed by atoms with van der Waals surface area (Å²) in [7, 11) is 0. The number of anilines is 1. The van der Waals surface area contributed by atoms with Gasteiger partial charge >= 0.3 is 0 Å². The Labute approximate surface area is 161 Å². The first-order chi connectivity index (χ1) is 13.2. The summed E-state index contributed by atoms with van der Waals surface area (Å²) in [5.74, 6) is 0.528. The number of amides is 1. The average molecular weight is 370 g/mol. The smallest absolute Gasteiger partial charge is 0.227 e. The molecule has 1 aromatic carbocycles. The van der Waals surface area contributed by atoms with Crippen LogP contribution in [0.3, 0.4) is 0 Å². The van der Waals surface area contributed by atoms with Gasteiger partial charge in [0.25, 0.3) is 0 Å². The Hall–Kier alpha value is -1.72. The van der Waals surface area contributed by atoms with Crippen LogP contribution in [0.25, 0.3) is 0 Å². The van der Waals surface area contributed by atoms with Gasteiger partial charge in [0.15, 0.2) is 5.78 Å². The maximum atomic E-state index is 13.2. The van der Waals surface area contributed by atoms with Gasteiger partial charge < -0.3 is 9.64 Å². The van der Waals surface area contributed by atoms with E-state index in [1.165, 1.54) is 11.1 Å². The van der Waals surface area contributed by atoms with Gasteiger partial charge in [-0.1, -0.05) is 19.4 Å². The molecule has 2 aliphatic heterocycles. The fraction of sp³-hybridized carbons (Fsp3) is 0.636. The lowest BCUT2D eigenvalue weighted by molar-refractivity contribution is -0.118. The molecule has 0 bridgehead atoms. The van der Waals surface area contributed by atoms with E-state index in [9.17, 15) is 9.59 Å². The van der Waals surface area contributed by atoms with E-state index in [4.69, 9.17) is 4.74 Å². The van der Waals surface area contributed by atoms with Crippen LogP contribution in [0.5, 0.6) is 0 Å². The van der Waals surface area contributed by atoms with Crippen LogP contribution in [0.1, 0.15) is 54.1 Å². The number of fused-ring (bicyclic) bond motifs is 2. The molecule has 2 heterocycles. The predicted molar refractivity (Wildman–Crippen MR) is 105 cm³/mol. The molecule has 1 unspecified atom stereocenters. The van der Waals surface area contributed by atoms with Gasteiger partial charge in [-0.2, -0.15) is 0 Å². The third-order valence-electron chi connectivity index (χ3n) is 6.22. The molecule has 0 saturated carbocycles. The van der Waals surface area contributed by atoms with E-state index in [2.05, 4.69) is 17.9 Å². The summed E-state index contributed by atoms with van der Waals surface area (Å²) in [5.41, 5.74) is 4.26. The second-order valence-corrected chi connectivity index (χ2v) is 8.05. The van der Waals surface area contributed by atoms with E-state index in [1.54, 1.807) is 0 Å². The standard InChI is InChI=1S/C22H30N2O3/c1-2-3-8-24-20-14-19-16(13-17(20)6-7-21(24)25)4-5-18(22(19)26)15-23-9-11-27-12-10-23/h13-14,18H,2-12,15H2,1H3. The van der Waals surface area contributed by atoms with Crippen LogP contribution in [0.4, 0.5) is 5.69 Å². The molecule has 5 nitrogen and oxygen atoms in total. The molecule has 0 radical (unpaired) electrons. The second-order valence-electron chi connectivity index (χ2n) is 8.05. The van der Waals surface area contributed by atoms with Gasteiger partial charge in [0.05, 0.1) is 13.2 Å². The van der Waals surface area contributed by atoms with Crippen molar-refractivity contribution in [3.05, 3.63) is 28.8 Å². The Morgan fingerprint density at radius 1 is 1.07 bits per heavy atom. The Bertz CT molecular complexity index is 725. The molecule has 0 spiro atoms. The van der Waals surface area contributed by atoms with Gasteiger partial charge in [0, 0.05) is 49.8 Å². The lowest BCUT2D eigenvalue weighted by Crippen LogP contribution is -2.42. The first-order valence-corrected chi connectivity index (χ1v) is 10.5. The number of nitrogens with zero attached hydrogens (tertiary/aromatic N) is 2. The highest BCUT2D eigenvalue weighted by molar-refractivity contribution is 6.03. The number of ether oxygens (including phenoxy) is 1. The van der Waals surface area contributed by atoms with Gasteiger partial charge in [-0.05, 0) is 42.9 Å². The van der Waals surface area contributed by atoms with Crippen molar-refractivity contribution in [2.24, 2.45) is 5.92 Å². The summed E-state index contributed by atoms with van der Waals surface area (Å²) in [6, 6.07) is 4.24. The van der Waals surface area contributed by atoms with Crippen LogP contribution in [0.15, 0.2) is 12.1 Å². The molecule has 3 aliphatic rings. The number of ketones is 1. The van der Waals surface area contributed by atoms with E-state index >= 15 is 0 Å². The number of hydrogen-bond acceptors (Lipinski definition) is 4. The van der Waals surface area contributed by atoms with Crippen molar-refractivity contribution in [1.82, 2.24) is 4.90 Å². The second kappa shape index (κ2) is 8.11. The average Bonchev–Trinajstić information content (AvgIpc) is 2.69. The quantitative estimate of drug-likeness (QED) is 0.800. The minimum atomic E-state index is 0.0667. The first-order valence-electron chi connectivity index (χ1n) is 10.5. The molecule has 4 rings (SSSR count). The predicted octanol–water partition coefficient (Wildman–Crippen LogP) is 2.84. The zero-order valence-electron chi connectivity index (χ0n) is 16.3. The fourth-order valence-corrected chi connectivity index (χ4v) is 4.59. The zero-order chi connectivity index (χ0) is 18.8. The molecular formula is C22H30N2O3. The van der Waals surface area contributed by atoms with Gasteiger partial charge in [-0.25, -0.2) is 0 Å². The topological polar surface area (TPSA) is 49.9 Å². The van der Waals surface area contributed by atoms with Crippen molar-refractivity contribution in [3.8, 4) is 0 Å². The van der Waals surface area contributed by atoms with Crippen molar-refractivity contribution in [2.75, 3.05) is 44.3 Å². The van der Waals surface area contributed by atoms with Crippen LogP contribution in [0, 0.1) is 5.92 Å². The van der Waals surface area contributed by atoms with Crippen molar-refractivity contribution < 1.29 is 14.3 Å². The molecule has 146 valence electrons. The number of aryl methyl sites for hydroxylation is 2. The molecule has 1 atom stereocenters. The summed E-state index contributed by atoms with van der Waals surface area (Å²) in [6.07, 6.45) is 5.34. The van der Waals surface area contributed by atoms with E-state index in [0.717, 1.165) is 82.7 Å². The minimum absolute atomic E-state index is 0.0667.